The molecule has 0 saturated carbocycles. The number of furan rings is 1. The van der Waals surface area contributed by atoms with Crippen LogP contribution in [0.2, 0.25) is 0 Å². The van der Waals surface area contributed by atoms with E-state index in [1.807, 2.05) is 10.7 Å². The molecule has 1 aliphatic rings. The maximum Gasteiger partial charge on any atom is 0.120 e. The van der Waals surface area contributed by atoms with Crippen molar-refractivity contribution >= 4 is 0 Å². The second-order valence-corrected chi connectivity index (χ2v) is 5.51. The summed E-state index contributed by atoms with van der Waals surface area (Å²) in [6, 6.07) is 6.63. The number of hydrogen-bond donors (Lipinski definition) is 0. The van der Waals surface area contributed by atoms with Crippen LogP contribution in [0.4, 0.5) is 0 Å². The molecule has 108 valence electrons. The Hall–Kier alpha value is -1.55. The van der Waals surface area contributed by atoms with Gasteiger partial charge in [0.05, 0.1) is 18.0 Å². The first-order valence-electron chi connectivity index (χ1n) is 7.66. The number of likely N-dealkylation sites (tertiary alicyclic amines) is 1. The highest BCUT2D eigenvalue weighted by atomic mass is 16.3. The van der Waals surface area contributed by atoms with Crippen LogP contribution in [-0.4, -0.2) is 21.2 Å². The molecule has 1 aliphatic heterocycles. The number of rotatable bonds is 4. The van der Waals surface area contributed by atoms with E-state index in [-0.39, 0.29) is 0 Å². The van der Waals surface area contributed by atoms with Gasteiger partial charge in [0.1, 0.15) is 5.76 Å². The van der Waals surface area contributed by atoms with Crippen molar-refractivity contribution in [3.05, 3.63) is 42.1 Å². The van der Waals surface area contributed by atoms with E-state index in [2.05, 4.69) is 35.3 Å². The van der Waals surface area contributed by atoms with E-state index >= 15 is 0 Å². The first-order valence-corrected chi connectivity index (χ1v) is 7.66. The van der Waals surface area contributed by atoms with Crippen LogP contribution in [0.15, 0.2) is 35.1 Å². The van der Waals surface area contributed by atoms with E-state index in [0.29, 0.717) is 6.04 Å². The van der Waals surface area contributed by atoms with Crippen LogP contribution in [0, 0.1) is 0 Å². The first-order chi connectivity index (χ1) is 9.86. The third-order valence-corrected chi connectivity index (χ3v) is 4.12. The lowest BCUT2D eigenvalue weighted by atomic mass is 10.1. The Morgan fingerprint density at radius 2 is 2.25 bits per heavy atom. The van der Waals surface area contributed by atoms with Gasteiger partial charge in [0, 0.05) is 19.3 Å². The van der Waals surface area contributed by atoms with Crippen molar-refractivity contribution in [1.29, 1.82) is 0 Å². The Labute approximate surface area is 120 Å². The minimum atomic E-state index is 0.402. The van der Waals surface area contributed by atoms with Crippen LogP contribution < -0.4 is 0 Å². The van der Waals surface area contributed by atoms with Crippen molar-refractivity contribution in [3.63, 3.8) is 0 Å². The summed E-state index contributed by atoms with van der Waals surface area (Å²) in [6.45, 7) is 5.10. The SMILES string of the molecule is CCn1ccc(CN2CCCCCC2c2ccco2)n1. The summed E-state index contributed by atoms with van der Waals surface area (Å²) in [4.78, 5) is 2.52. The fourth-order valence-electron chi connectivity index (χ4n) is 3.03. The van der Waals surface area contributed by atoms with Gasteiger partial charge in [-0.1, -0.05) is 12.8 Å². The van der Waals surface area contributed by atoms with Crippen LogP contribution in [-0.2, 0) is 13.1 Å². The van der Waals surface area contributed by atoms with Gasteiger partial charge in [-0.15, -0.1) is 0 Å². The highest BCUT2D eigenvalue weighted by Crippen LogP contribution is 2.31. The summed E-state index contributed by atoms with van der Waals surface area (Å²) in [5, 5.41) is 4.61. The summed E-state index contributed by atoms with van der Waals surface area (Å²) in [6.07, 6.45) is 8.90. The molecular weight excluding hydrogens is 250 g/mol. The fourth-order valence-corrected chi connectivity index (χ4v) is 3.03. The summed E-state index contributed by atoms with van der Waals surface area (Å²) < 4.78 is 7.65. The molecule has 3 rings (SSSR count). The molecule has 0 N–H and O–H groups in total. The Morgan fingerprint density at radius 3 is 3.00 bits per heavy atom. The normalized spacial score (nSPS) is 20.9. The molecular formula is C16H23N3O. The van der Waals surface area contributed by atoms with Crippen LogP contribution in [0.25, 0.3) is 0 Å². The molecule has 2 aromatic heterocycles. The van der Waals surface area contributed by atoms with Crippen LogP contribution in [0.5, 0.6) is 0 Å². The van der Waals surface area contributed by atoms with E-state index in [4.69, 9.17) is 4.42 Å². The maximum absolute atomic E-state index is 5.66. The molecule has 0 aromatic carbocycles. The summed E-state index contributed by atoms with van der Waals surface area (Å²) in [5.41, 5.74) is 1.16. The highest BCUT2D eigenvalue weighted by molar-refractivity contribution is 5.07. The third-order valence-electron chi connectivity index (χ3n) is 4.12. The van der Waals surface area contributed by atoms with Crippen molar-refractivity contribution in [2.45, 2.75) is 51.7 Å². The summed E-state index contributed by atoms with van der Waals surface area (Å²) in [7, 11) is 0. The predicted octanol–water partition coefficient (Wildman–Crippen LogP) is 3.61. The monoisotopic (exact) mass is 273 g/mol. The Bertz CT molecular complexity index is 518. The van der Waals surface area contributed by atoms with Gasteiger partial charge in [-0.3, -0.25) is 9.58 Å². The number of aromatic nitrogens is 2. The minimum Gasteiger partial charge on any atom is -0.468 e. The fraction of sp³-hybridized carbons (Fsp3) is 0.562. The molecule has 1 unspecified atom stereocenters. The molecule has 1 atom stereocenters. The zero-order chi connectivity index (χ0) is 13.8. The smallest absolute Gasteiger partial charge is 0.120 e. The van der Waals surface area contributed by atoms with Crippen molar-refractivity contribution in [3.8, 4) is 0 Å². The van der Waals surface area contributed by atoms with E-state index < -0.39 is 0 Å². The average molecular weight is 273 g/mol. The summed E-state index contributed by atoms with van der Waals surface area (Å²) >= 11 is 0. The van der Waals surface area contributed by atoms with Gasteiger partial charge >= 0.3 is 0 Å². The van der Waals surface area contributed by atoms with Crippen molar-refractivity contribution < 1.29 is 4.42 Å². The molecule has 0 aliphatic carbocycles. The van der Waals surface area contributed by atoms with E-state index in [1.165, 1.54) is 25.7 Å². The van der Waals surface area contributed by atoms with Crippen LogP contribution in [0.3, 0.4) is 0 Å². The van der Waals surface area contributed by atoms with Gasteiger partial charge in [-0.2, -0.15) is 5.10 Å². The lowest BCUT2D eigenvalue weighted by Crippen LogP contribution is -2.28. The predicted molar refractivity (Wildman–Crippen MR) is 78.2 cm³/mol. The van der Waals surface area contributed by atoms with Crippen molar-refractivity contribution in [2.75, 3.05) is 6.54 Å². The second kappa shape index (κ2) is 6.27. The Morgan fingerprint density at radius 1 is 1.30 bits per heavy atom. The number of hydrogen-bond acceptors (Lipinski definition) is 3. The molecule has 20 heavy (non-hydrogen) atoms. The van der Waals surface area contributed by atoms with Gasteiger partial charge < -0.3 is 4.42 Å². The third kappa shape index (κ3) is 2.96. The molecule has 1 saturated heterocycles. The molecule has 2 aromatic rings. The van der Waals surface area contributed by atoms with Crippen LogP contribution in [0.1, 0.15) is 50.1 Å². The van der Waals surface area contributed by atoms with Crippen LogP contribution >= 0.6 is 0 Å². The molecule has 0 radical (unpaired) electrons. The quantitative estimate of drug-likeness (QED) is 0.853. The van der Waals surface area contributed by atoms with E-state index in [1.54, 1.807) is 6.26 Å². The maximum atomic E-state index is 5.66. The molecule has 0 bridgehead atoms. The van der Waals surface area contributed by atoms with E-state index in [9.17, 15) is 0 Å². The average Bonchev–Trinajstić information content (AvgIpc) is 3.09. The standard InChI is InChI=1S/C16H23N3O/c1-2-19-11-9-14(17-19)13-18-10-5-3-4-7-15(18)16-8-6-12-20-16/h6,8-9,11-12,15H,2-5,7,10,13H2,1H3. The Balaban J connectivity index is 1.76. The molecule has 1 fully saturated rings. The van der Waals surface area contributed by atoms with Gasteiger partial charge in [0.2, 0.25) is 0 Å². The zero-order valence-electron chi connectivity index (χ0n) is 12.2. The second-order valence-electron chi connectivity index (χ2n) is 5.51. The van der Waals surface area contributed by atoms with E-state index in [0.717, 1.165) is 31.1 Å². The molecule has 3 heterocycles. The number of nitrogens with zero attached hydrogens (tertiary/aromatic N) is 3. The zero-order valence-corrected chi connectivity index (χ0v) is 12.2. The molecule has 4 heteroatoms. The van der Waals surface area contributed by atoms with Crippen molar-refractivity contribution in [2.24, 2.45) is 0 Å². The number of aryl methyl sites for hydroxylation is 1. The lowest BCUT2D eigenvalue weighted by Gasteiger charge is -2.27. The van der Waals surface area contributed by atoms with Crippen molar-refractivity contribution in [1.82, 2.24) is 14.7 Å². The minimum absolute atomic E-state index is 0.402. The van der Waals surface area contributed by atoms with Gasteiger partial charge in [0.15, 0.2) is 0 Å². The topological polar surface area (TPSA) is 34.2 Å². The van der Waals surface area contributed by atoms with Gasteiger partial charge in [0.25, 0.3) is 0 Å². The molecule has 0 spiro atoms. The Kier molecular flexibility index (Phi) is 4.21. The summed E-state index contributed by atoms with van der Waals surface area (Å²) in [5.74, 6) is 1.10. The lowest BCUT2D eigenvalue weighted by molar-refractivity contribution is 0.167. The molecule has 4 nitrogen and oxygen atoms in total. The first kappa shape index (κ1) is 13.4. The molecule has 0 amide bonds. The largest absolute Gasteiger partial charge is 0.468 e. The van der Waals surface area contributed by atoms with Gasteiger partial charge in [-0.05, 0) is 44.5 Å². The highest BCUT2D eigenvalue weighted by Gasteiger charge is 2.25. The van der Waals surface area contributed by atoms with Gasteiger partial charge in [-0.25, -0.2) is 0 Å².